The first-order valence-electron chi connectivity index (χ1n) is 15.5. The van der Waals surface area contributed by atoms with Crippen LogP contribution in [0.3, 0.4) is 0 Å². The van der Waals surface area contributed by atoms with Gasteiger partial charge in [-0.1, -0.05) is 20.8 Å². The van der Waals surface area contributed by atoms with Crippen LogP contribution in [0.15, 0.2) is 36.0 Å². The van der Waals surface area contributed by atoms with E-state index in [2.05, 4.69) is 36.7 Å². The molecule has 4 aromatic rings. The van der Waals surface area contributed by atoms with Gasteiger partial charge in [-0.3, -0.25) is 14.5 Å². The Morgan fingerprint density at radius 2 is 1.73 bits per heavy atom. The summed E-state index contributed by atoms with van der Waals surface area (Å²) < 4.78 is 11.2. The van der Waals surface area contributed by atoms with Crippen LogP contribution < -0.4 is 10.5 Å². The summed E-state index contributed by atoms with van der Waals surface area (Å²) in [6.07, 6.45) is 0. The molecule has 2 fully saturated rings. The minimum atomic E-state index is -0.205. The summed E-state index contributed by atoms with van der Waals surface area (Å²) in [4.78, 5) is 44.1. The lowest BCUT2D eigenvalue weighted by molar-refractivity contribution is -0.111. The Labute approximate surface area is 263 Å². The van der Waals surface area contributed by atoms with E-state index in [0.29, 0.717) is 58.7 Å². The lowest BCUT2D eigenvalue weighted by Crippen LogP contribution is -2.57. The third-order valence-corrected chi connectivity index (χ3v) is 8.96. The number of aromatic nitrogens is 3. The average molecular weight is 611 g/mol. The molecule has 3 N–H and O–H groups in total. The third-order valence-electron chi connectivity index (χ3n) is 8.96. The van der Waals surface area contributed by atoms with E-state index in [0.717, 1.165) is 59.4 Å². The molecule has 0 radical (unpaired) electrons. The predicted molar refractivity (Wildman–Crippen MR) is 176 cm³/mol. The molecule has 6 rings (SSSR count). The van der Waals surface area contributed by atoms with E-state index < -0.39 is 0 Å². The number of Topliss-reactive ketones (excluding diaryl/α,β-unsaturated/α-hetero) is 1. The van der Waals surface area contributed by atoms with Crippen molar-refractivity contribution in [3.63, 3.8) is 0 Å². The van der Waals surface area contributed by atoms with Gasteiger partial charge in [0.1, 0.15) is 17.2 Å². The molecule has 2 aromatic heterocycles. The quantitative estimate of drug-likeness (QED) is 0.298. The van der Waals surface area contributed by atoms with Crippen LogP contribution in [0.5, 0.6) is 5.75 Å². The van der Waals surface area contributed by atoms with E-state index in [1.807, 2.05) is 36.1 Å². The minimum absolute atomic E-state index is 0.0276. The highest BCUT2D eigenvalue weighted by Crippen LogP contribution is 2.40. The third kappa shape index (κ3) is 5.68. The summed E-state index contributed by atoms with van der Waals surface area (Å²) in [7, 11) is 1.58. The van der Waals surface area contributed by atoms with Gasteiger partial charge in [-0.2, -0.15) is 0 Å². The topological polar surface area (TPSA) is 127 Å². The Morgan fingerprint density at radius 1 is 1.02 bits per heavy atom. The number of ketones is 1. The van der Waals surface area contributed by atoms with Crippen molar-refractivity contribution in [1.82, 2.24) is 24.8 Å². The standard InChI is InChI=1S/C35H42N6O4/c1-19(36)30(20(2)42)27-15-28-26(16-29(27)44-7)31-32(37-21(3)38-33(31)39-28)22-12-23(14-24(13-22)35(4,5)6)34(43)41-10-8-40(9-11-41)25-17-45-18-25/h12-16,25H,8-11,17-18,36H2,1-7H3,(H,37,38,39). The number of hydrogen-bond donors (Lipinski definition) is 2. The molecule has 236 valence electrons. The van der Waals surface area contributed by atoms with E-state index in [9.17, 15) is 9.59 Å². The lowest BCUT2D eigenvalue weighted by Gasteiger charge is -2.42. The van der Waals surface area contributed by atoms with E-state index in [4.69, 9.17) is 25.2 Å². The van der Waals surface area contributed by atoms with Crippen LogP contribution >= 0.6 is 0 Å². The molecule has 0 aliphatic carbocycles. The molecule has 0 saturated carbocycles. The fourth-order valence-electron chi connectivity index (χ4n) is 6.42. The SMILES string of the molecule is COc1cc2c(cc1C(C(C)=O)=C(C)N)[nH]c1nc(C)nc(-c3cc(C(=O)N4CCN(C5COC5)CC4)cc(C(C)(C)C)c3)c12. The van der Waals surface area contributed by atoms with Crippen molar-refractivity contribution in [2.45, 2.75) is 53.0 Å². The zero-order valence-corrected chi connectivity index (χ0v) is 27.2. The normalized spacial score (nSPS) is 17.0. The number of methoxy groups -OCH3 is 1. The van der Waals surface area contributed by atoms with Crippen molar-refractivity contribution in [3.05, 3.63) is 58.5 Å². The molecule has 0 spiro atoms. The first-order chi connectivity index (χ1) is 21.3. The molecule has 0 unspecified atom stereocenters. The summed E-state index contributed by atoms with van der Waals surface area (Å²) >= 11 is 0. The van der Waals surface area contributed by atoms with Crippen molar-refractivity contribution >= 4 is 39.2 Å². The molecule has 1 amide bonds. The number of carbonyl (C=O) groups is 2. The number of ether oxygens (including phenoxy) is 2. The Balaban J connectivity index is 1.49. The highest BCUT2D eigenvalue weighted by molar-refractivity contribution is 6.22. The summed E-state index contributed by atoms with van der Waals surface area (Å²) in [5.41, 5.74) is 12.1. The van der Waals surface area contributed by atoms with Gasteiger partial charge in [0, 0.05) is 65.0 Å². The molecule has 2 aliphatic rings. The second-order valence-electron chi connectivity index (χ2n) is 13.2. The number of fused-ring (bicyclic) bond motifs is 3. The number of rotatable bonds is 6. The van der Waals surface area contributed by atoms with Gasteiger partial charge in [0.25, 0.3) is 5.91 Å². The van der Waals surface area contributed by atoms with Gasteiger partial charge in [0.2, 0.25) is 0 Å². The number of allylic oxidation sites excluding steroid dienone is 2. The summed E-state index contributed by atoms with van der Waals surface area (Å²) in [6, 6.07) is 10.4. The smallest absolute Gasteiger partial charge is 0.253 e. The van der Waals surface area contributed by atoms with Crippen LogP contribution in [-0.2, 0) is 14.9 Å². The number of nitrogens with two attached hydrogens (primary N) is 1. The van der Waals surface area contributed by atoms with Crippen molar-refractivity contribution in [1.29, 1.82) is 0 Å². The van der Waals surface area contributed by atoms with E-state index in [-0.39, 0.29) is 17.1 Å². The minimum Gasteiger partial charge on any atom is -0.496 e. The molecule has 0 bridgehead atoms. The van der Waals surface area contributed by atoms with Crippen LogP contribution in [0.25, 0.3) is 38.8 Å². The van der Waals surface area contributed by atoms with Crippen LogP contribution in [0, 0.1) is 6.92 Å². The van der Waals surface area contributed by atoms with Crippen molar-refractivity contribution in [2.75, 3.05) is 46.5 Å². The molecule has 10 heteroatoms. The van der Waals surface area contributed by atoms with Gasteiger partial charge in [0.05, 0.1) is 37.4 Å². The van der Waals surface area contributed by atoms with E-state index >= 15 is 0 Å². The number of carbonyl (C=O) groups excluding carboxylic acids is 2. The lowest BCUT2D eigenvalue weighted by atomic mass is 9.84. The second kappa shape index (κ2) is 11.6. The second-order valence-corrected chi connectivity index (χ2v) is 13.2. The first kappa shape index (κ1) is 30.7. The number of amides is 1. The zero-order valence-electron chi connectivity index (χ0n) is 27.2. The van der Waals surface area contributed by atoms with E-state index in [1.54, 1.807) is 14.0 Å². The van der Waals surface area contributed by atoms with Crippen LogP contribution in [0.4, 0.5) is 0 Å². The highest BCUT2D eigenvalue weighted by Gasteiger charge is 2.31. The van der Waals surface area contributed by atoms with Gasteiger partial charge in [0.15, 0.2) is 5.78 Å². The van der Waals surface area contributed by atoms with Gasteiger partial charge < -0.3 is 25.1 Å². The number of nitrogens with one attached hydrogen (secondary N) is 1. The molecule has 4 heterocycles. The molecule has 2 aromatic carbocycles. The Bertz CT molecular complexity index is 1850. The van der Waals surface area contributed by atoms with Crippen LogP contribution in [-0.4, -0.2) is 89.0 Å². The summed E-state index contributed by atoms with van der Waals surface area (Å²) in [5.74, 6) is 1.01. The summed E-state index contributed by atoms with van der Waals surface area (Å²) in [5, 5.41) is 1.67. The van der Waals surface area contributed by atoms with Crippen molar-refractivity contribution in [3.8, 4) is 17.0 Å². The predicted octanol–water partition coefficient (Wildman–Crippen LogP) is 4.83. The van der Waals surface area contributed by atoms with Gasteiger partial charge >= 0.3 is 0 Å². The maximum Gasteiger partial charge on any atom is 0.253 e. The largest absolute Gasteiger partial charge is 0.496 e. The molecule has 0 atom stereocenters. The van der Waals surface area contributed by atoms with Crippen molar-refractivity contribution in [2.24, 2.45) is 5.73 Å². The number of nitrogens with zero attached hydrogens (tertiary/aromatic N) is 4. The van der Waals surface area contributed by atoms with E-state index in [1.165, 1.54) is 6.92 Å². The Kier molecular flexibility index (Phi) is 7.91. The molecule has 45 heavy (non-hydrogen) atoms. The van der Waals surface area contributed by atoms with Crippen molar-refractivity contribution < 1.29 is 19.1 Å². The molecular formula is C35H42N6O4. The maximum atomic E-state index is 14.0. The fourth-order valence-corrected chi connectivity index (χ4v) is 6.42. The monoisotopic (exact) mass is 610 g/mol. The number of hydrogen-bond acceptors (Lipinski definition) is 8. The highest BCUT2D eigenvalue weighted by atomic mass is 16.5. The first-order valence-corrected chi connectivity index (χ1v) is 15.5. The van der Waals surface area contributed by atoms with Crippen LogP contribution in [0.1, 0.15) is 61.9 Å². The number of benzene rings is 2. The molecule has 2 saturated heterocycles. The zero-order chi connectivity index (χ0) is 32.2. The van der Waals surface area contributed by atoms with Crippen LogP contribution in [0.2, 0.25) is 0 Å². The van der Waals surface area contributed by atoms with Gasteiger partial charge in [-0.25, -0.2) is 9.97 Å². The molecule has 2 aliphatic heterocycles. The Morgan fingerprint density at radius 3 is 2.31 bits per heavy atom. The Hall–Kier alpha value is -4.28. The molecular weight excluding hydrogens is 568 g/mol. The average Bonchev–Trinajstić information content (AvgIpc) is 3.31. The fraction of sp³-hybridized carbons (Fsp3) is 0.429. The van der Waals surface area contributed by atoms with Gasteiger partial charge in [-0.15, -0.1) is 0 Å². The number of aryl methyl sites for hydroxylation is 1. The summed E-state index contributed by atoms with van der Waals surface area (Å²) in [6.45, 7) is 16.1. The number of aromatic amines is 1. The number of piperazine rings is 1. The number of H-pyrrole nitrogens is 1. The molecule has 10 nitrogen and oxygen atoms in total. The van der Waals surface area contributed by atoms with Gasteiger partial charge in [-0.05, 0) is 62.1 Å². The maximum absolute atomic E-state index is 14.0.